The van der Waals surface area contributed by atoms with Crippen molar-refractivity contribution in [3.05, 3.63) is 107 Å². The monoisotopic (exact) mass is 537 g/mol. The minimum absolute atomic E-state index is 0.146. The van der Waals surface area contributed by atoms with E-state index < -0.39 is 0 Å². The van der Waals surface area contributed by atoms with Gasteiger partial charge < -0.3 is 14.8 Å². The summed E-state index contributed by atoms with van der Waals surface area (Å²) in [6, 6.07) is 28.3. The number of benzene rings is 3. The van der Waals surface area contributed by atoms with Crippen molar-refractivity contribution in [3.63, 3.8) is 0 Å². The summed E-state index contributed by atoms with van der Waals surface area (Å²) < 4.78 is 2.36. The van der Waals surface area contributed by atoms with Crippen molar-refractivity contribution >= 4 is 16.8 Å². The fourth-order valence-corrected chi connectivity index (χ4v) is 5.77. The van der Waals surface area contributed by atoms with Gasteiger partial charge in [-0.15, -0.1) is 0 Å². The highest BCUT2D eigenvalue weighted by molar-refractivity contribution is 5.86. The van der Waals surface area contributed by atoms with Crippen LogP contribution >= 0.6 is 0 Å². The topological polar surface area (TPSA) is 37.3 Å². The summed E-state index contributed by atoms with van der Waals surface area (Å²) in [5, 5.41) is 4.58. The third-order valence-corrected chi connectivity index (χ3v) is 8.20. The zero-order valence-corrected chi connectivity index (χ0v) is 24.9. The molecule has 0 unspecified atom stereocenters. The maximum atomic E-state index is 13.4. The summed E-state index contributed by atoms with van der Waals surface area (Å²) in [6.07, 6.45) is 6.81. The van der Waals surface area contributed by atoms with Crippen LogP contribution in [0.5, 0.6) is 0 Å². The fourth-order valence-electron chi connectivity index (χ4n) is 5.77. The van der Waals surface area contributed by atoms with E-state index in [2.05, 4.69) is 128 Å². The number of nitrogens with zero attached hydrogens (tertiary/aromatic N) is 2. The predicted molar refractivity (Wildman–Crippen MR) is 169 cm³/mol. The highest BCUT2D eigenvalue weighted by Gasteiger charge is 2.22. The number of rotatable bonds is 15. The Morgan fingerprint density at radius 3 is 2.30 bits per heavy atom. The Balaban J connectivity index is 1.52. The molecule has 0 saturated carbocycles. The van der Waals surface area contributed by atoms with E-state index in [0.717, 1.165) is 51.9 Å². The Labute approximate surface area is 241 Å². The molecule has 3 aromatic carbocycles. The van der Waals surface area contributed by atoms with Crippen LogP contribution in [0.4, 0.5) is 0 Å². The number of carbonyl (C=O) groups excluding carboxylic acids is 1. The molecule has 1 aromatic heterocycles. The van der Waals surface area contributed by atoms with Crippen LogP contribution in [0.2, 0.25) is 0 Å². The number of hydrogen-bond acceptors (Lipinski definition) is 2. The Hall–Kier alpha value is -3.37. The predicted octanol–water partition coefficient (Wildman–Crippen LogP) is 7.73. The molecule has 2 atom stereocenters. The van der Waals surface area contributed by atoms with Crippen molar-refractivity contribution < 1.29 is 4.79 Å². The molecule has 4 rings (SSSR count). The van der Waals surface area contributed by atoms with Crippen LogP contribution in [0.25, 0.3) is 10.9 Å². The third kappa shape index (κ3) is 8.32. The lowest BCUT2D eigenvalue weighted by Gasteiger charge is -2.21. The lowest BCUT2D eigenvalue weighted by atomic mass is 9.89. The number of hydrogen-bond donors (Lipinski definition) is 1. The van der Waals surface area contributed by atoms with Crippen LogP contribution in [0.15, 0.2) is 85.1 Å². The Morgan fingerprint density at radius 1 is 0.875 bits per heavy atom. The number of carbonyl (C=O) groups is 1. The highest BCUT2D eigenvalue weighted by Crippen LogP contribution is 2.33. The van der Waals surface area contributed by atoms with Crippen LogP contribution in [0.1, 0.15) is 74.6 Å². The van der Waals surface area contributed by atoms with Crippen molar-refractivity contribution in [3.8, 4) is 0 Å². The molecule has 1 heterocycles. The summed E-state index contributed by atoms with van der Waals surface area (Å²) in [4.78, 5) is 15.8. The second-order valence-corrected chi connectivity index (χ2v) is 11.3. The largest absolute Gasteiger partial charge is 0.354 e. The third-order valence-electron chi connectivity index (χ3n) is 8.20. The SMILES string of the molecule is CCN(CC)CCC[C@@H](C)NC(=O)C[C@H](CCc1ccccc1)c1cn(Cc2ccc(C)cc2)c2ccccc12. The molecule has 212 valence electrons. The van der Waals surface area contributed by atoms with Gasteiger partial charge in [-0.05, 0) is 87.8 Å². The van der Waals surface area contributed by atoms with Crippen LogP contribution in [0.3, 0.4) is 0 Å². The Kier molecular flexibility index (Phi) is 11.0. The normalized spacial score (nSPS) is 13.0. The van der Waals surface area contributed by atoms with Crippen molar-refractivity contribution in [1.82, 2.24) is 14.8 Å². The summed E-state index contributed by atoms with van der Waals surface area (Å²) in [6.45, 7) is 12.8. The molecule has 0 spiro atoms. The van der Waals surface area contributed by atoms with E-state index in [9.17, 15) is 4.79 Å². The molecule has 0 aliphatic carbocycles. The summed E-state index contributed by atoms with van der Waals surface area (Å²) >= 11 is 0. The number of aryl methyl sites for hydroxylation is 2. The van der Waals surface area contributed by atoms with E-state index in [0.29, 0.717) is 6.42 Å². The molecule has 0 fully saturated rings. The summed E-state index contributed by atoms with van der Waals surface area (Å²) in [5.41, 5.74) is 6.39. The average Bonchev–Trinajstić information content (AvgIpc) is 3.33. The first kappa shape index (κ1) is 29.6. The Morgan fingerprint density at radius 2 is 1.57 bits per heavy atom. The van der Waals surface area contributed by atoms with Crippen LogP contribution in [0, 0.1) is 6.92 Å². The second kappa shape index (κ2) is 14.9. The number of nitrogens with one attached hydrogen (secondary N) is 1. The second-order valence-electron chi connectivity index (χ2n) is 11.3. The quantitative estimate of drug-likeness (QED) is 0.168. The molecule has 0 aliphatic rings. The number of amides is 1. The lowest BCUT2D eigenvalue weighted by molar-refractivity contribution is -0.122. The first-order valence-corrected chi connectivity index (χ1v) is 15.2. The minimum Gasteiger partial charge on any atom is -0.354 e. The van der Waals surface area contributed by atoms with E-state index in [1.54, 1.807) is 0 Å². The molecule has 0 saturated heterocycles. The maximum Gasteiger partial charge on any atom is 0.220 e. The molecule has 1 amide bonds. The molecule has 0 aliphatic heterocycles. The van der Waals surface area contributed by atoms with Crippen LogP contribution in [-0.4, -0.2) is 41.1 Å². The van der Waals surface area contributed by atoms with Gasteiger partial charge >= 0.3 is 0 Å². The number of para-hydroxylation sites is 1. The maximum absolute atomic E-state index is 13.4. The van der Waals surface area contributed by atoms with Gasteiger partial charge in [0.2, 0.25) is 5.91 Å². The number of fused-ring (bicyclic) bond motifs is 1. The van der Waals surface area contributed by atoms with Crippen LogP contribution < -0.4 is 5.32 Å². The molecule has 4 aromatic rings. The van der Waals surface area contributed by atoms with E-state index in [1.165, 1.54) is 33.2 Å². The smallest absolute Gasteiger partial charge is 0.220 e. The fraction of sp³-hybridized carbons (Fsp3) is 0.417. The molecule has 0 bridgehead atoms. The zero-order chi connectivity index (χ0) is 28.3. The van der Waals surface area contributed by atoms with Crippen molar-refractivity contribution in [1.29, 1.82) is 0 Å². The molecule has 40 heavy (non-hydrogen) atoms. The van der Waals surface area contributed by atoms with Crippen LogP contribution in [-0.2, 0) is 17.8 Å². The molecule has 4 heteroatoms. The zero-order valence-electron chi connectivity index (χ0n) is 24.9. The first-order valence-electron chi connectivity index (χ1n) is 15.2. The molecule has 0 radical (unpaired) electrons. The van der Waals surface area contributed by atoms with Gasteiger partial charge in [0.15, 0.2) is 0 Å². The highest BCUT2D eigenvalue weighted by atomic mass is 16.1. The molecular weight excluding hydrogens is 490 g/mol. The van der Waals surface area contributed by atoms with Crippen molar-refractivity contribution in [2.24, 2.45) is 0 Å². The van der Waals surface area contributed by atoms with Gasteiger partial charge in [0, 0.05) is 36.1 Å². The minimum atomic E-state index is 0.146. The Bertz CT molecular complexity index is 1320. The van der Waals surface area contributed by atoms with Gasteiger partial charge in [-0.3, -0.25) is 4.79 Å². The van der Waals surface area contributed by atoms with Gasteiger partial charge in [0.25, 0.3) is 0 Å². The molecular formula is C36H47N3O. The lowest BCUT2D eigenvalue weighted by Crippen LogP contribution is -2.34. The van der Waals surface area contributed by atoms with Gasteiger partial charge in [-0.25, -0.2) is 0 Å². The molecule has 4 nitrogen and oxygen atoms in total. The van der Waals surface area contributed by atoms with Gasteiger partial charge in [0.1, 0.15) is 0 Å². The summed E-state index contributed by atoms with van der Waals surface area (Å²) in [7, 11) is 0. The van der Waals surface area contributed by atoms with E-state index in [-0.39, 0.29) is 17.9 Å². The van der Waals surface area contributed by atoms with E-state index in [1.807, 2.05) is 0 Å². The van der Waals surface area contributed by atoms with Crippen molar-refractivity contribution in [2.45, 2.75) is 78.3 Å². The standard InChI is InChI=1S/C36H47N3O/c1-5-38(6-2)24-12-13-29(4)37-36(40)25-32(23-22-30-14-8-7-9-15-30)34-27-39(35-17-11-10-16-33(34)35)26-31-20-18-28(3)19-21-31/h7-11,14-21,27,29,32H,5-6,12-13,22-26H2,1-4H3,(H,37,40)/t29-,32+/m1/s1. The average molecular weight is 538 g/mol. The first-order chi connectivity index (χ1) is 19.5. The summed E-state index contributed by atoms with van der Waals surface area (Å²) in [5.74, 6) is 0.302. The van der Waals surface area contributed by atoms with Gasteiger partial charge in [-0.2, -0.15) is 0 Å². The molecule has 1 N–H and O–H groups in total. The van der Waals surface area contributed by atoms with E-state index >= 15 is 0 Å². The van der Waals surface area contributed by atoms with Crippen molar-refractivity contribution in [2.75, 3.05) is 19.6 Å². The van der Waals surface area contributed by atoms with E-state index in [4.69, 9.17) is 0 Å². The van der Waals surface area contributed by atoms with Gasteiger partial charge in [0.05, 0.1) is 0 Å². The van der Waals surface area contributed by atoms with Gasteiger partial charge in [-0.1, -0.05) is 92.2 Å². The number of aromatic nitrogens is 1.